The fraction of sp³-hybridized carbons (Fsp3) is 0.500. The Balaban J connectivity index is 2.17. The summed E-state index contributed by atoms with van der Waals surface area (Å²) in [5.41, 5.74) is 0. The second-order valence-electron chi connectivity index (χ2n) is 2.90. The summed E-state index contributed by atoms with van der Waals surface area (Å²) in [7, 11) is 0. The molecule has 1 rings (SSSR count). The number of carboxylic acids is 1. The SMILES string of the molecule is Cc1noc(CNC(=O)COCC(=O)O)n1. The number of nitrogens with one attached hydrogen (secondary N) is 1. The van der Waals surface area contributed by atoms with E-state index in [0.29, 0.717) is 5.82 Å². The monoisotopic (exact) mass is 229 g/mol. The maximum atomic E-state index is 11.1. The normalized spacial score (nSPS) is 10.1. The van der Waals surface area contributed by atoms with Crippen molar-refractivity contribution in [2.75, 3.05) is 13.2 Å². The molecule has 1 heterocycles. The Bertz CT molecular complexity index is 376. The molecular weight excluding hydrogens is 218 g/mol. The van der Waals surface area contributed by atoms with Crippen LogP contribution >= 0.6 is 0 Å². The number of ether oxygens (including phenoxy) is 1. The third-order valence-corrected chi connectivity index (χ3v) is 1.47. The molecule has 0 spiro atoms. The van der Waals surface area contributed by atoms with Gasteiger partial charge in [-0.1, -0.05) is 5.16 Å². The van der Waals surface area contributed by atoms with Crippen LogP contribution in [0.15, 0.2) is 4.52 Å². The molecule has 2 N–H and O–H groups in total. The Hall–Kier alpha value is -1.96. The summed E-state index contributed by atoms with van der Waals surface area (Å²) in [5, 5.41) is 14.2. The van der Waals surface area contributed by atoms with Crippen LogP contribution < -0.4 is 5.32 Å². The van der Waals surface area contributed by atoms with E-state index in [1.807, 2.05) is 0 Å². The van der Waals surface area contributed by atoms with E-state index in [4.69, 9.17) is 9.63 Å². The van der Waals surface area contributed by atoms with Crippen molar-refractivity contribution >= 4 is 11.9 Å². The highest BCUT2D eigenvalue weighted by Gasteiger charge is 2.06. The highest BCUT2D eigenvalue weighted by Crippen LogP contribution is 1.94. The van der Waals surface area contributed by atoms with E-state index in [1.165, 1.54) is 0 Å². The summed E-state index contributed by atoms with van der Waals surface area (Å²) in [6, 6.07) is 0. The van der Waals surface area contributed by atoms with Gasteiger partial charge < -0.3 is 19.7 Å². The van der Waals surface area contributed by atoms with E-state index < -0.39 is 18.5 Å². The van der Waals surface area contributed by atoms with Crippen molar-refractivity contribution in [1.29, 1.82) is 0 Å². The third kappa shape index (κ3) is 4.51. The van der Waals surface area contributed by atoms with E-state index in [1.54, 1.807) is 6.92 Å². The predicted molar refractivity (Wildman–Crippen MR) is 49.3 cm³/mol. The molecule has 8 heteroatoms. The highest BCUT2D eigenvalue weighted by molar-refractivity contribution is 5.77. The fourth-order valence-electron chi connectivity index (χ4n) is 0.868. The number of aliphatic carboxylic acids is 1. The highest BCUT2D eigenvalue weighted by atomic mass is 16.5. The van der Waals surface area contributed by atoms with Crippen molar-refractivity contribution in [2.45, 2.75) is 13.5 Å². The van der Waals surface area contributed by atoms with Gasteiger partial charge in [0.2, 0.25) is 11.8 Å². The van der Waals surface area contributed by atoms with E-state index in [0.717, 1.165) is 0 Å². The van der Waals surface area contributed by atoms with Crippen LogP contribution in [-0.2, 0) is 20.9 Å². The van der Waals surface area contributed by atoms with Gasteiger partial charge in [0.1, 0.15) is 13.2 Å². The van der Waals surface area contributed by atoms with E-state index in [9.17, 15) is 9.59 Å². The molecular formula is C8H11N3O5. The molecule has 88 valence electrons. The largest absolute Gasteiger partial charge is 0.480 e. The molecule has 0 bridgehead atoms. The lowest BCUT2D eigenvalue weighted by Crippen LogP contribution is -2.28. The molecule has 0 saturated heterocycles. The van der Waals surface area contributed by atoms with Crippen molar-refractivity contribution in [3.05, 3.63) is 11.7 Å². The summed E-state index contributed by atoms with van der Waals surface area (Å²) in [5.74, 6) is -0.812. The fourth-order valence-corrected chi connectivity index (χ4v) is 0.868. The molecule has 0 radical (unpaired) electrons. The van der Waals surface area contributed by atoms with Crippen LogP contribution in [0.4, 0.5) is 0 Å². The van der Waals surface area contributed by atoms with Crippen LogP contribution in [-0.4, -0.2) is 40.3 Å². The van der Waals surface area contributed by atoms with Crippen LogP contribution in [0, 0.1) is 6.92 Å². The number of carbonyl (C=O) groups excluding carboxylic acids is 1. The van der Waals surface area contributed by atoms with Crippen molar-refractivity contribution in [1.82, 2.24) is 15.5 Å². The first-order valence-corrected chi connectivity index (χ1v) is 4.43. The Morgan fingerprint density at radius 3 is 2.81 bits per heavy atom. The lowest BCUT2D eigenvalue weighted by atomic mass is 10.5. The standard InChI is InChI=1S/C8H11N3O5/c1-5-10-7(16-11-5)2-9-6(12)3-15-4-8(13)14/h2-4H2,1H3,(H,9,12)(H,13,14). The van der Waals surface area contributed by atoms with Crippen molar-refractivity contribution in [2.24, 2.45) is 0 Å². The number of carbonyl (C=O) groups is 2. The third-order valence-electron chi connectivity index (χ3n) is 1.47. The predicted octanol–water partition coefficient (Wildman–Crippen LogP) is -0.905. The number of carboxylic acid groups (broad SMARTS) is 1. The quantitative estimate of drug-likeness (QED) is 0.649. The minimum Gasteiger partial charge on any atom is -0.480 e. The van der Waals surface area contributed by atoms with Gasteiger partial charge in [0.05, 0.1) is 6.54 Å². The minimum atomic E-state index is -1.12. The second kappa shape index (κ2) is 5.81. The van der Waals surface area contributed by atoms with Gasteiger partial charge in [-0.3, -0.25) is 4.79 Å². The summed E-state index contributed by atoms with van der Waals surface area (Å²) in [6.07, 6.45) is 0. The lowest BCUT2D eigenvalue weighted by molar-refractivity contribution is -0.143. The zero-order chi connectivity index (χ0) is 12.0. The number of amides is 1. The Labute approximate surface area is 90.6 Å². The number of hydrogen-bond donors (Lipinski definition) is 2. The van der Waals surface area contributed by atoms with Crippen LogP contribution in [0.5, 0.6) is 0 Å². The lowest BCUT2D eigenvalue weighted by Gasteiger charge is -2.01. The Morgan fingerprint density at radius 1 is 1.50 bits per heavy atom. The number of nitrogens with zero attached hydrogens (tertiary/aromatic N) is 2. The average molecular weight is 229 g/mol. The Kier molecular flexibility index (Phi) is 4.40. The molecule has 0 unspecified atom stereocenters. The average Bonchev–Trinajstić information content (AvgIpc) is 2.61. The molecule has 1 aromatic rings. The summed E-state index contributed by atoms with van der Waals surface area (Å²) in [4.78, 5) is 25.0. The summed E-state index contributed by atoms with van der Waals surface area (Å²) >= 11 is 0. The molecule has 0 aromatic carbocycles. The van der Waals surface area contributed by atoms with Gasteiger partial charge in [0.15, 0.2) is 5.82 Å². The molecule has 1 amide bonds. The van der Waals surface area contributed by atoms with Crippen molar-refractivity contribution in [3.63, 3.8) is 0 Å². The first kappa shape index (κ1) is 12.1. The van der Waals surface area contributed by atoms with Gasteiger partial charge in [-0.25, -0.2) is 4.79 Å². The van der Waals surface area contributed by atoms with Crippen molar-refractivity contribution < 1.29 is 24.0 Å². The molecule has 0 fully saturated rings. The molecule has 0 saturated carbocycles. The van der Waals surface area contributed by atoms with Crippen molar-refractivity contribution in [3.8, 4) is 0 Å². The topological polar surface area (TPSA) is 115 Å². The molecule has 0 aliphatic rings. The first-order chi connectivity index (χ1) is 7.58. The van der Waals surface area contributed by atoms with Gasteiger partial charge in [0.25, 0.3) is 0 Å². The summed E-state index contributed by atoms with van der Waals surface area (Å²) in [6.45, 7) is 0.924. The van der Waals surface area contributed by atoms with Gasteiger partial charge in [-0.05, 0) is 6.92 Å². The van der Waals surface area contributed by atoms with Gasteiger partial charge in [-0.2, -0.15) is 4.98 Å². The zero-order valence-corrected chi connectivity index (χ0v) is 8.60. The Morgan fingerprint density at radius 2 is 2.25 bits per heavy atom. The molecule has 0 aliphatic heterocycles. The van der Waals surface area contributed by atoms with E-state index in [-0.39, 0.29) is 19.0 Å². The molecule has 0 atom stereocenters. The summed E-state index contributed by atoms with van der Waals surface area (Å²) < 4.78 is 9.32. The maximum absolute atomic E-state index is 11.1. The zero-order valence-electron chi connectivity index (χ0n) is 8.60. The van der Waals surface area contributed by atoms with E-state index >= 15 is 0 Å². The minimum absolute atomic E-state index is 0.0934. The van der Waals surface area contributed by atoms with Crippen LogP contribution in [0.3, 0.4) is 0 Å². The van der Waals surface area contributed by atoms with Crippen LogP contribution in [0.2, 0.25) is 0 Å². The maximum Gasteiger partial charge on any atom is 0.329 e. The molecule has 1 aromatic heterocycles. The molecule has 0 aliphatic carbocycles. The van der Waals surface area contributed by atoms with Crippen LogP contribution in [0.25, 0.3) is 0 Å². The van der Waals surface area contributed by atoms with Gasteiger partial charge in [-0.15, -0.1) is 0 Å². The number of hydrogen-bond acceptors (Lipinski definition) is 6. The van der Waals surface area contributed by atoms with Gasteiger partial charge >= 0.3 is 5.97 Å². The van der Waals surface area contributed by atoms with E-state index in [2.05, 4.69) is 20.2 Å². The first-order valence-electron chi connectivity index (χ1n) is 4.43. The number of aromatic nitrogens is 2. The van der Waals surface area contributed by atoms with Gasteiger partial charge in [0, 0.05) is 0 Å². The smallest absolute Gasteiger partial charge is 0.329 e. The number of rotatable bonds is 6. The molecule has 16 heavy (non-hydrogen) atoms. The number of aryl methyl sites for hydroxylation is 1. The van der Waals surface area contributed by atoms with Crippen LogP contribution in [0.1, 0.15) is 11.7 Å². The second-order valence-corrected chi connectivity index (χ2v) is 2.90. The molecule has 8 nitrogen and oxygen atoms in total.